The van der Waals surface area contributed by atoms with Gasteiger partial charge in [0.1, 0.15) is 5.82 Å². The number of piperidine rings is 1. The lowest BCUT2D eigenvalue weighted by Crippen LogP contribution is -2.28. The predicted molar refractivity (Wildman–Crippen MR) is 96.3 cm³/mol. The van der Waals surface area contributed by atoms with E-state index in [1.807, 2.05) is 13.1 Å². The van der Waals surface area contributed by atoms with Crippen LogP contribution < -0.4 is 10.6 Å². The van der Waals surface area contributed by atoms with Gasteiger partial charge in [-0.3, -0.25) is 0 Å². The monoisotopic (exact) mass is 350 g/mol. The molecule has 124 valence electrons. The molecule has 3 rings (SSSR count). The number of nitrogens with zero attached hydrogens (tertiary/aromatic N) is 4. The summed E-state index contributed by atoms with van der Waals surface area (Å²) in [5.41, 5.74) is 1.07. The number of allylic oxidation sites excluding steroid dienone is 1. The lowest BCUT2D eigenvalue weighted by Gasteiger charge is -2.22. The molecule has 1 aliphatic heterocycles. The maximum Gasteiger partial charge on any atom is 0.191 e. The molecule has 0 saturated carbocycles. The number of hydrogen-bond donors (Lipinski definition) is 2. The Balaban J connectivity index is 1.72. The van der Waals surface area contributed by atoms with Crippen molar-refractivity contribution in [2.24, 2.45) is 0 Å². The molecule has 0 atom stereocenters. The van der Waals surface area contributed by atoms with Gasteiger partial charge in [0.25, 0.3) is 0 Å². The maximum absolute atomic E-state index is 4.52. The van der Waals surface area contributed by atoms with Gasteiger partial charge in [0.15, 0.2) is 10.3 Å². The van der Waals surface area contributed by atoms with Crippen molar-refractivity contribution >= 4 is 28.2 Å². The SMILES string of the molecule is C=CCn1c(SCc2csc(NC)n2)nnc1C1CCNCC1. The van der Waals surface area contributed by atoms with Crippen molar-refractivity contribution in [3.8, 4) is 0 Å². The summed E-state index contributed by atoms with van der Waals surface area (Å²) in [5, 5.41) is 19.4. The molecular weight excluding hydrogens is 328 g/mol. The Kier molecular flexibility index (Phi) is 5.69. The van der Waals surface area contributed by atoms with E-state index in [-0.39, 0.29) is 0 Å². The summed E-state index contributed by atoms with van der Waals surface area (Å²) in [4.78, 5) is 4.52. The van der Waals surface area contributed by atoms with Gasteiger partial charge in [0.2, 0.25) is 0 Å². The Morgan fingerprint density at radius 3 is 3.00 bits per heavy atom. The van der Waals surface area contributed by atoms with Crippen molar-refractivity contribution in [2.45, 2.75) is 36.2 Å². The molecular formula is C15H22N6S2. The Morgan fingerprint density at radius 1 is 1.48 bits per heavy atom. The zero-order chi connectivity index (χ0) is 16.1. The van der Waals surface area contributed by atoms with Crippen LogP contribution in [0, 0.1) is 0 Å². The molecule has 0 spiro atoms. The van der Waals surface area contributed by atoms with Crippen LogP contribution in [-0.2, 0) is 12.3 Å². The summed E-state index contributed by atoms with van der Waals surface area (Å²) < 4.78 is 2.21. The number of hydrogen-bond acceptors (Lipinski definition) is 7. The molecule has 8 heteroatoms. The summed E-state index contributed by atoms with van der Waals surface area (Å²) in [5.74, 6) is 2.40. The van der Waals surface area contributed by atoms with Crippen LogP contribution in [0.15, 0.2) is 23.2 Å². The van der Waals surface area contributed by atoms with Crippen LogP contribution in [0.2, 0.25) is 0 Å². The fourth-order valence-corrected chi connectivity index (χ4v) is 4.34. The first-order valence-electron chi connectivity index (χ1n) is 7.81. The third-order valence-corrected chi connectivity index (χ3v) is 5.79. The second kappa shape index (κ2) is 7.94. The minimum atomic E-state index is 0.494. The second-order valence-electron chi connectivity index (χ2n) is 5.45. The van der Waals surface area contributed by atoms with Crippen molar-refractivity contribution in [3.63, 3.8) is 0 Å². The fourth-order valence-electron chi connectivity index (χ4n) is 2.72. The first-order valence-corrected chi connectivity index (χ1v) is 9.68. The van der Waals surface area contributed by atoms with Crippen LogP contribution in [0.1, 0.15) is 30.3 Å². The van der Waals surface area contributed by atoms with Gasteiger partial charge >= 0.3 is 0 Å². The molecule has 2 aromatic rings. The van der Waals surface area contributed by atoms with Crippen LogP contribution >= 0.6 is 23.1 Å². The van der Waals surface area contributed by atoms with E-state index >= 15 is 0 Å². The van der Waals surface area contributed by atoms with E-state index in [0.717, 1.165) is 60.0 Å². The van der Waals surface area contributed by atoms with Crippen molar-refractivity contribution in [1.82, 2.24) is 25.1 Å². The van der Waals surface area contributed by atoms with Gasteiger partial charge in [-0.2, -0.15) is 0 Å². The summed E-state index contributed by atoms with van der Waals surface area (Å²) in [6, 6.07) is 0. The van der Waals surface area contributed by atoms with Gasteiger partial charge < -0.3 is 15.2 Å². The van der Waals surface area contributed by atoms with Crippen molar-refractivity contribution in [2.75, 3.05) is 25.5 Å². The molecule has 0 amide bonds. The highest BCUT2D eigenvalue weighted by molar-refractivity contribution is 7.98. The lowest BCUT2D eigenvalue weighted by molar-refractivity contribution is 0.431. The smallest absolute Gasteiger partial charge is 0.191 e. The average molecular weight is 351 g/mol. The third-order valence-electron chi connectivity index (χ3n) is 3.88. The number of thiazole rings is 1. The number of thioether (sulfide) groups is 1. The molecule has 1 saturated heterocycles. The standard InChI is InChI=1S/C15H22N6S2/c1-3-8-21-13(11-4-6-17-7-5-11)19-20-15(21)23-10-12-9-22-14(16-2)18-12/h3,9,11,17H,1,4-8,10H2,2H3,(H,16,18). The summed E-state index contributed by atoms with van der Waals surface area (Å²) in [7, 11) is 1.89. The van der Waals surface area contributed by atoms with E-state index in [9.17, 15) is 0 Å². The van der Waals surface area contributed by atoms with Crippen molar-refractivity contribution < 1.29 is 0 Å². The van der Waals surface area contributed by atoms with Crippen LogP contribution in [0.5, 0.6) is 0 Å². The topological polar surface area (TPSA) is 67.7 Å². The molecule has 3 heterocycles. The highest BCUT2D eigenvalue weighted by Crippen LogP contribution is 2.29. The van der Waals surface area contributed by atoms with Crippen LogP contribution in [0.4, 0.5) is 5.13 Å². The van der Waals surface area contributed by atoms with E-state index in [1.54, 1.807) is 23.1 Å². The van der Waals surface area contributed by atoms with E-state index in [0.29, 0.717) is 5.92 Å². The predicted octanol–water partition coefficient (Wildman–Crippen LogP) is 2.72. The zero-order valence-electron chi connectivity index (χ0n) is 13.3. The minimum absolute atomic E-state index is 0.494. The van der Waals surface area contributed by atoms with Gasteiger partial charge in [-0.15, -0.1) is 28.1 Å². The van der Waals surface area contributed by atoms with Crippen LogP contribution in [-0.4, -0.2) is 39.9 Å². The number of nitrogens with one attached hydrogen (secondary N) is 2. The van der Waals surface area contributed by atoms with Gasteiger partial charge in [-0.05, 0) is 25.9 Å². The van der Waals surface area contributed by atoms with E-state index in [2.05, 4.69) is 42.3 Å². The zero-order valence-corrected chi connectivity index (χ0v) is 14.9. The van der Waals surface area contributed by atoms with E-state index < -0.39 is 0 Å². The van der Waals surface area contributed by atoms with Gasteiger partial charge in [-0.25, -0.2) is 4.98 Å². The minimum Gasteiger partial charge on any atom is -0.365 e. The number of anilines is 1. The molecule has 0 bridgehead atoms. The molecule has 1 aliphatic rings. The Morgan fingerprint density at radius 2 is 2.30 bits per heavy atom. The average Bonchev–Trinajstić information content (AvgIpc) is 3.21. The van der Waals surface area contributed by atoms with Gasteiger partial charge in [-0.1, -0.05) is 17.8 Å². The molecule has 0 radical (unpaired) electrons. The Bertz CT molecular complexity index is 644. The molecule has 23 heavy (non-hydrogen) atoms. The number of aromatic nitrogens is 4. The summed E-state index contributed by atoms with van der Waals surface area (Å²) >= 11 is 3.32. The Hall–Kier alpha value is -1.38. The summed E-state index contributed by atoms with van der Waals surface area (Å²) in [6.45, 7) is 6.75. The molecule has 1 fully saturated rings. The molecule has 0 aromatic carbocycles. The molecule has 6 nitrogen and oxygen atoms in total. The molecule has 0 aliphatic carbocycles. The molecule has 0 unspecified atom stereocenters. The second-order valence-corrected chi connectivity index (χ2v) is 7.25. The van der Waals surface area contributed by atoms with Crippen LogP contribution in [0.3, 0.4) is 0 Å². The normalized spacial score (nSPS) is 15.7. The quantitative estimate of drug-likeness (QED) is 0.591. The highest BCUT2D eigenvalue weighted by Gasteiger charge is 2.23. The summed E-state index contributed by atoms with van der Waals surface area (Å²) in [6.07, 6.45) is 4.16. The third kappa shape index (κ3) is 3.94. The molecule has 2 N–H and O–H groups in total. The Labute approximate surface area is 144 Å². The van der Waals surface area contributed by atoms with Crippen LogP contribution in [0.25, 0.3) is 0 Å². The number of rotatable bonds is 7. The largest absolute Gasteiger partial charge is 0.365 e. The van der Waals surface area contributed by atoms with E-state index in [4.69, 9.17) is 0 Å². The fraction of sp³-hybridized carbons (Fsp3) is 0.533. The lowest BCUT2D eigenvalue weighted by atomic mass is 9.97. The van der Waals surface area contributed by atoms with Crippen molar-refractivity contribution in [1.29, 1.82) is 0 Å². The first kappa shape index (κ1) is 16.5. The van der Waals surface area contributed by atoms with Gasteiger partial charge in [0, 0.05) is 30.6 Å². The van der Waals surface area contributed by atoms with Gasteiger partial charge in [0.05, 0.1) is 5.69 Å². The highest BCUT2D eigenvalue weighted by atomic mass is 32.2. The maximum atomic E-state index is 4.52. The van der Waals surface area contributed by atoms with Crippen molar-refractivity contribution in [3.05, 3.63) is 29.6 Å². The molecule has 2 aromatic heterocycles. The van der Waals surface area contributed by atoms with E-state index in [1.165, 1.54) is 0 Å². The first-order chi connectivity index (χ1) is 11.3.